The van der Waals surface area contributed by atoms with Crippen molar-refractivity contribution < 1.29 is 19.0 Å². The largest absolute Gasteiger partial charge is 0.497 e. The number of carbonyl (C=O) groups is 1. The van der Waals surface area contributed by atoms with Crippen LogP contribution < -0.4 is 19.8 Å². The number of amides is 1. The monoisotopic (exact) mass is 456 g/mol. The van der Waals surface area contributed by atoms with Gasteiger partial charge in [0.2, 0.25) is 11.3 Å². The van der Waals surface area contributed by atoms with Gasteiger partial charge in [-0.25, -0.2) is 0 Å². The second-order valence-corrected chi connectivity index (χ2v) is 8.28. The summed E-state index contributed by atoms with van der Waals surface area (Å²) >= 11 is 0. The normalized spacial score (nSPS) is 17.2. The van der Waals surface area contributed by atoms with E-state index in [0.29, 0.717) is 32.8 Å². The zero-order valence-electron chi connectivity index (χ0n) is 19.4. The van der Waals surface area contributed by atoms with E-state index in [2.05, 4.69) is 9.80 Å². The van der Waals surface area contributed by atoms with Crippen molar-refractivity contribution in [2.45, 2.75) is 13.1 Å². The number of carbonyl (C=O) groups excluding carboxylic acids is 1. The standard InChI is InChI=1S/C24H32N4O5/c1-31-21-5-3-19(4-6-21)26-7-9-27(10-8-26)24(30)18-28-17-23(32-2)22(29)15-20(28)16-25-11-13-33-14-12-25/h3-6,15,17H,7-14,16,18H2,1-2H3. The van der Waals surface area contributed by atoms with Crippen molar-refractivity contribution in [3.63, 3.8) is 0 Å². The van der Waals surface area contributed by atoms with Crippen LogP contribution in [0.15, 0.2) is 41.3 Å². The lowest BCUT2D eigenvalue weighted by molar-refractivity contribution is -0.132. The van der Waals surface area contributed by atoms with Gasteiger partial charge in [-0.3, -0.25) is 14.5 Å². The Labute approximate surface area is 194 Å². The van der Waals surface area contributed by atoms with E-state index in [4.69, 9.17) is 14.2 Å². The summed E-state index contributed by atoms with van der Waals surface area (Å²) < 4.78 is 17.7. The van der Waals surface area contributed by atoms with Gasteiger partial charge < -0.3 is 28.6 Å². The van der Waals surface area contributed by atoms with Crippen LogP contribution in [-0.2, 0) is 22.6 Å². The third kappa shape index (κ3) is 5.66. The molecule has 2 fully saturated rings. The molecule has 0 saturated carbocycles. The van der Waals surface area contributed by atoms with Crippen LogP contribution in [0.1, 0.15) is 5.69 Å². The number of anilines is 1. The van der Waals surface area contributed by atoms with Crippen molar-refractivity contribution in [2.75, 3.05) is 71.6 Å². The molecular weight excluding hydrogens is 424 g/mol. The first kappa shape index (κ1) is 23.1. The predicted octanol–water partition coefficient (Wildman–Crippen LogP) is 1.05. The van der Waals surface area contributed by atoms with Crippen molar-refractivity contribution in [2.24, 2.45) is 0 Å². The fourth-order valence-corrected chi connectivity index (χ4v) is 4.27. The van der Waals surface area contributed by atoms with E-state index in [-0.39, 0.29) is 23.6 Å². The maximum atomic E-state index is 13.1. The Balaban J connectivity index is 1.41. The smallest absolute Gasteiger partial charge is 0.242 e. The van der Waals surface area contributed by atoms with E-state index in [0.717, 1.165) is 43.3 Å². The quantitative estimate of drug-likeness (QED) is 0.616. The van der Waals surface area contributed by atoms with E-state index in [1.165, 1.54) is 7.11 Å². The lowest BCUT2D eigenvalue weighted by Crippen LogP contribution is -2.49. The van der Waals surface area contributed by atoms with Gasteiger partial charge in [0, 0.05) is 63.3 Å². The Morgan fingerprint density at radius 1 is 0.970 bits per heavy atom. The summed E-state index contributed by atoms with van der Waals surface area (Å²) in [6.07, 6.45) is 1.66. The summed E-state index contributed by atoms with van der Waals surface area (Å²) in [5, 5.41) is 0. The van der Waals surface area contributed by atoms with E-state index in [1.54, 1.807) is 19.4 Å². The second-order valence-electron chi connectivity index (χ2n) is 8.28. The summed E-state index contributed by atoms with van der Waals surface area (Å²) in [4.78, 5) is 31.9. The molecule has 9 nitrogen and oxygen atoms in total. The van der Waals surface area contributed by atoms with E-state index < -0.39 is 0 Å². The van der Waals surface area contributed by atoms with Crippen LogP contribution in [-0.4, -0.2) is 87.0 Å². The van der Waals surface area contributed by atoms with Gasteiger partial charge in [-0.05, 0) is 24.3 Å². The molecule has 1 amide bonds. The first-order valence-corrected chi connectivity index (χ1v) is 11.3. The number of morpholine rings is 1. The molecule has 9 heteroatoms. The maximum Gasteiger partial charge on any atom is 0.242 e. The third-order valence-corrected chi connectivity index (χ3v) is 6.27. The van der Waals surface area contributed by atoms with Crippen molar-refractivity contribution in [1.29, 1.82) is 0 Å². The Hall–Kier alpha value is -3.04. The van der Waals surface area contributed by atoms with Crippen LogP contribution in [0.25, 0.3) is 0 Å². The van der Waals surface area contributed by atoms with E-state index in [1.807, 2.05) is 33.7 Å². The first-order valence-electron chi connectivity index (χ1n) is 11.3. The Morgan fingerprint density at radius 3 is 2.30 bits per heavy atom. The van der Waals surface area contributed by atoms with Crippen LogP contribution >= 0.6 is 0 Å². The Morgan fingerprint density at radius 2 is 1.67 bits per heavy atom. The molecule has 1 aromatic heterocycles. The van der Waals surface area contributed by atoms with Gasteiger partial charge in [0.25, 0.3) is 0 Å². The summed E-state index contributed by atoms with van der Waals surface area (Å²) in [7, 11) is 3.13. The zero-order valence-corrected chi connectivity index (χ0v) is 19.4. The topological polar surface area (TPSA) is 76.5 Å². The third-order valence-electron chi connectivity index (χ3n) is 6.27. The molecule has 4 rings (SSSR count). The second kappa shape index (κ2) is 10.7. The van der Waals surface area contributed by atoms with Crippen LogP contribution in [0, 0.1) is 0 Å². The van der Waals surface area contributed by atoms with Gasteiger partial charge in [-0.2, -0.15) is 0 Å². The lowest BCUT2D eigenvalue weighted by Gasteiger charge is -2.36. The predicted molar refractivity (Wildman–Crippen MR) is 125 cm³/mol. The number of pyridine rings is 1. The molecule has 0 spiro atoms. The van der Waals surface area contributed by atoms with Gasteiger partial charge in [0.05, 0.1) is 33.6 Å². The molecule has 0 bridgehead atoms. The van der Waals surface area contributed by atoms with Crippen molar-refractivity contribution in [1.82, 2.24) is 14.4 Å². The molecule has 3 heterocycles. The maximum absolute atomic E-state index is 13.1. The highest BCUT2D eigenvalue weighted by Crippen LogP contribution is 2.21. The molecule has 1 aromatic carbocycles. The minimum atomic E-state index is -0.169. The highest BCUT2D eigenvalue weighted by atomic mass is 16.5. The molecule has 2 aliphatic rings. The number of methoxy groups -OCH3 is 2. The first-order chi connectivity index (χ1) is 16.1. The van der Waals surface area contributed by atoms with Crippen LogP contribution in [0.4, 0.5) is 5.69 Å². The molecule has 178 valence electrons. The number of aromatic nitrogens is 1. The molecule has 2 aliphatic heterocycles. The summed E-state index contributed by atoms with van der Waals surface area (Å²) in [6, 6.07) is 9.57. The number of piperazine rings is 1. The fraction of sp³-hybridized carbons (Fsp3) is 0.500. The van der Waals surface area contributed by atoms with Gasteiger partial charge >= 0.3 is 0 Å². The molecule has 0 N–H and O–H groups in total. The van der Waals surface area contributed by atoms with E-state index in [9.17, 15) is 9.59 Å². The van der Waals surface area contributed by atoms with Gasteiger partial charge in [0.15, 0.2) is 5.75 Å². The summed E-state index contributed by atoms with van der Waals surface area (Å²) in [5.41, 5.74) is 1.77. The minimum Gasteiger partial charge on any atom is -0.497 e. The molecule has 0 unspecified atom stereocenters. The number of hydrogen-bond donors (Lipinski definition) is 0. The van der Waals surface area contributed by atoms with Gasteiger partial charge in [-0.15, -0.1) is 0 Å². The Kier molecular flexibility index (Phi) is 7.51. The van der Waals surface area contributed by atoms with Crippen LogP contribution in [0.3, 0.4) is 0 Å². The minimum absolute atomic E-state index is 0.0401. The molecule has 2 aromatic rings. The highest BCUT2D eigenvalue weighted by Gasteiger charge is 2.23. The molecular formula is C24H32N4O5. The number of benzene rings is 1. The van der Waals surface area contributed by atoms with Crippen molar-refractivity contribution in [3.05, 3.63) is 52.4 Å². The van der Waals surface area contributed by atoms with Crippen LogP contribution in [0.5, 0.6) is 11.5 Å². The Bertz CT molecular complexity index is 993. The lowest BCUT2D eigenvalue weighted by atomic mass is 10.2. The molecule has 0 radical (unpaired) electrons. The van der Waals surface area contributed by atoms with E-state index >= 15 is 0 Å². The van der Waals surface area contributed by atoms with Gasteiger partial charge in [-0.1, -0.05) is 0 Å². The number of ether oxygens (including phenoxy) is 3. The zero-order chi connectivity index (χ0) is 23.2. The highest BCUT2D eigenvalue weighted by molar-refractivity contribution is 5.76. The number of nitrogens with zero attached hydrogens (tertiary/aromatic N) is 4. The van der Waals surface area contributed by atoms with Gasteiger partial charge in [0.1, 0.15) is 12.3 Å². The SMILES string of the molecule is COc1ccc(N2CCN(C(=O)Cn3cc(OC)c(=O)cc3CN3CCOCC3)CC2)cc1. The van der Waals surface area contributed by atoms with Crippen molar-refractivity contribution >= 4 is 11.6 Å². The molecule has 2 saturated heterocycles. The van der Waals surface area contributed by atoms with Crippen molar-refractivity contribution in [3.8, 4) is 11.5 Å². The molecule has 0 atom stereocenters. The fourth-order valence-electron chi connectivity index (χ4n) is 4.27. The molecule has 33 heavy (non-hydrogen) atoms. The summed E-state index contributed by atoms with van der Waals surface area (Å²) in [6.45, 7) is 6.60. The summed E-state index contributed by atoms with van der Waals surface area (Å²) in [5.74, 6) is 1.12. The molecule has 0 aliphatic carbocycles. The van der Waals surface area contributed by atoms with Crippen LogP contribution in [0.2, 0.25) is 0 Å². The number of rotatable bonds is 7. The average Bonchev–Trinajstić information content (AvgIpc) is 2.86. The average molecular weight is 457 g/mol. The number of hydrogen-bond acceptors (Lipinski definition) is 7.